The van der Waals surface area contributed by atoms with Crippen molar-refractivity contribution < 1.29 is 4.39 Å². The van der Waals surface area contributed by atoms with Gasteiger partial charge in [0.05, 0.1) is 0 Å². The Labute approximate surface area is 127 Å². The van der Waals surface area contributed by atoms with E-state index in [1.807, 2.05) is 14.0 Å². The summed E-state index contributed by atoms with van der Waals surface area (Å²) in [7, 11) is 1.83. The molecular formula is C14H18FN5S. The maximum atomic E-state index is 13.8. The Kier molecular flexibility index (Phi) is 4.64. The average Bonchev–Trinajstić information content (AvgIpc) is 2.40. The van der Waals surface area contributed by atoms with Crippen LogP contribution in [0.15, 0.2) is 28.3 Å². The summed E-state index contributed by atoms with van der Waals surface area (Å²) in [6.07, 6.45) is 0. The van der Waals surface area contributed by atoms with Crippen molar-refractivity contribution in [3.05, 3.63) is 35.1 Å². The van der Waals surface area contributed by atoms with Crippen molar-refractivity contribution in [1.82, 2.24) is 15.3 Å². The number of rotatable bonds is 4. The third-order valence-electron chi connectivity index (χ3n) is 3.14. The van der Waals surface area contributed by atoms with Gasteiger partial charge in [0.2, 0.25) is 0 Å². The summed E-state index contributed by atoms with van der Waals surface area (Å²) < 4.78 is 13.8. The standard InChI is InChI=1S/C14H18FN5S/c1-7-4-11(9(5-10(7)15)8(2)18-3)21-14-19-12(16)6-13(17)20-14/h4-6,8,18H,1-3H3,(H4,16,17,19,20). The molecule has 1 atom stereocenters. The van der Waals surface area contributed by atoms with Crippen molar-refractivity contribution in [2.24, 2.45) is 0 Å². The van der Waals surface area contributed by atoms with E-state index in [1.54, 1.807) is 13.0 Å². The number of hydrogen-bond donors (Lipinski definition) is 3. The van der Waals surface area contributed by atoms with Gasteiger partial charge < -0.3 is 16.8 Å². The molecule has 5 N–H and O–H groups in total. The zero-order valence-electron chi connectivity index (χ0n) is 12.1. The average molecular weight is 307 g/mol. The van der Waals surface area contributed by atoms with Gasteiger partial charge in [-0.25, -0.2) is 14.4 Å². The fraction of sp³-hybridized carbons (Fsp3) is 0.286. The number of aromatic nitrogens is 2. The molecule has 0 fully saturated rings. The maximum absolute atomic E-state index is 13.8. The molecule has 7 heteroatoms. The van der Waals surface area contributed by atoms with Gasteiger partial charge in [0.1, 0.15) is 17.5 Å². The summed E-state index contributed by atoms with van der Waals surface area (Å²) >= 11 is 1.32. The van der Waals surface area contributed by atoms with E-state index < -0.39 is 0 Å². The minimum absolute atomic E-state index is 0.000932. The number of nitrogens with two attached hydrogens (primary N) is 2. The van der Waals surface area contributed by atoms with Gasteiger partial charge >= 0.3 is 0 Å². The van der Waals surface area contributed by atoms with Crippen LogP contribution in [0, 0.1) is 12.7 Å². The van der Waals surface area contributed by atoms with Crippen LogP contribution in [0.1, 0.15) is 24.1 Å². The SMILES string of the molecule is CNC(C)c1cc(F)c(C)cc1Sc1nc(N)cc(N)n1. The van der Waals surface area contributed by atoms with Gasteiger partial charge in [0.15, 0.2) is 5.16 Å². The zero-order valence-corrected chi connectivity index (χ0v) is 13.0. The largest absolute Gasteiger partial charge is 0.383 e. The smallest absolute Gasteiger partial charge is 0.196 e. The van der Waals surface area contributed by atoms with Crippen LogP contribution in [0.5, 0.6) is 0 Å². The number of hydrogen-bond acceptors (Lipinski definition) is 6. The molecule has 0 bridgehead atoms. The molecule has 112 valence electrons. The van der Waals surface area contributed by atoms with E-state index in [2.05, 4.69) is 15.3 Å². The summed E-state index contributed by atoms with van der Waals surface area (Å²) in [5.41, 5.74) is 12.8. The van der Waals surface area contributed by atoms with E-state index in [9.17, 15) is 4.39 Å². The molecule has 2 rings (SSSR count). The summed E-state index contributed by atoms with van der Waals surface area (Å²) in [5.74, 6) is 0.392. The Morgan fingerprint density at radius 3 is 2.38 bits per heavy atom. The molecule has 1 aromatic heterocycles. The summed E-state index contributed by atoms with van der Waals surface area (Å²) in [6.45, 7) is 3.69. The van der Waals surface area contributed by atoms with Crippen molar-refractivity contribution in [1.29, 1.82) is 0 Å². The molecule has 0 amide bonds. The second kappa shape index (κ2) is 6.28. The van der Waals surface area contributed by atoms with Crippen molar-refractivity contribution in [3.8, 4) is 0 Å². The Morgan fingerprint density at radius 1 is 1.19 bits per heavy atom. The zero-order chi connectivity index (χ0) is 15.6. The van der Waals surface area contributed by atoms with Crippen LogP contribution in [-0.4, -0.2) is 17.0 Å². The Hall–Kier alpha value is -1.86. The van der Waals surface area contributed by atoms with Gasteiger partial charge in [-0.2, -0.15) is 0 Å². The van der Waals surface area contributed by atoms with Gasteiger partial charge in [-0.05, 0) is 55.9 Å². The van der Waals surface area contributed by atoms with Crippen LogP contribution < -0.4 is 16.8 Å². The Morgan fingerprint density at radius 2 is 1.81 bits per heavy atom. The number of anilines is 2. The highest BCUT2D eigenvalue weighted by atomic mass is 32.2. The van der Waals surface area contributed by atoms with Crippen molar-refractivity contribution in [2.45, 2.75) is 29.9 Å². The van der Waals surface area contributed by atoms with E-state index in [1.165, 1.54) is 23.9 Å². The third kappa shape index (κ3) is 3.62. The monoisotopic (exact) mass is 307 g/mol. The van der Waals surface area contributed by atoms with E-state index in [0.29, 0.717) is 22.4 Å². The van der Waals surface area contributed by atoms with Crippen LogP contribution in [0.3, 0.4) is 0 Å². The van der Waals surface area contributed by atoms with Crippen molar-refractivity contribution in [2.75, 3.05) is 18.5 Å². The lowest BCUT2D eigenvalue weighted by Crippen LogP contribution is -2.14. The van der Waals surface area contributed by atoms with Gasteiger partial charge in [0.25, 0.3) is 0 Å². The van der Waals surface area contributed by atoms with Crippen molar-refractivity contribution >= 4 is 23.4 Å². The molecule has 0 saturated carbocycles. The predicted molar refractivity (Wildman–Crippen MR) is 83.6 cm³/mol. The van der Waals surface area contributed by atoms with E-state index in [-0.39, 0.29) is 11.9 Å². The molecule has 21 heavy (non-hydrogen) atoms. The predicted octanol–water partition coefficient (Wildman–Crippen LogP) is 2.52. The van der Waals surface area contributed by atoms with E-state index >= 15 is 0 Å². The first-order chi connectivity index (χ1) is 9.90. The molecule has 0 aliphatic heterocycles. The van der Waals surface area contributed by atoms with Gasteiger partial charge in [-0.15, -0.1) is 0 Å². The Balaban J connectivity index is 2.44. The third-order valence-corrected chi connectivity index (χ3v) is 4.08. The highest BCUT2D eigenvalue weighted by Crippen LogP contribution is 2.33. The summed E-state index contributed by atoms with van der Waals surface area (Å²) in [4.78, 5) is 9.16. The topological polar surface area (TPSA) is 89.8 Å². The molecule has 1 unspecified atom stereocenters. The fourth-order valence-electron chi connectivity index (χ4n) is 1.86. The van der Waals surface area contributed by atoms with Gasteiger partial charge in [0, 0.05) is 17.0 Å². The number of nitrogens with zero attached hydrogens (tertiary/aromatic N) is 2. The second-order valence-electron chi connectivity index (χ2n) is 4.75. The van der Waals surface area contributed by atoms with Crippen LogP contribution in [0.2, 0.25) is 0 Å². The lowest BCUT2D eigenvalue weighted by molar-refractivity contribution is 0.594. The minimum Gasteiger partial charge on any atom is -0.383 e. The van der Waals surface area contributed by atoms with Crippen LogP contribution in [0.25, 0.3) is 0 Å². The Bertz CT molecular complexity index is 642. The number of nitrogens with one attached hydrogen (secondary N) is 1. The maximum Gasteiger partial charge on any atom is 0.196 e. The second-order valence-corrected chi connectivity index (χ2v) is 5.76. The highest BCUT2D eigenvalue weighted by molar-refractivity contribution is 7.99. The molecular weight excluding hydrogens is 289 g/mol. The number of benzene rings is 1. The van der Waals surface area contributed by atoms with Crippen LogP contribution in [0.4, 0.5) is 16.0 Å². The van der Waals surface area contributed by atoms with Crippen LogP contribution in [-0.2, 0) is 0 Å². The van der Waals surface area contributed by atoms with E-state index in [4.69, 9.17) is 11.5 Å². The molecule has 0 aliphatic carbocycles. The van der Waals surface area contributed by atoms with Crippen LogP contribution >= 0.6 is 11.8 Å². The lowest BCUT2D eigenvalue weighted by Gasteiger charge is -2.16. The molecule has 0 aliphatic rings. The molecule has 0 spiro atoms. The number of halogens is 1. The van der Waals surface area contributed by atoms with Gasteiger partial charge in [-0.1, -0.05) is 0 Å². The first-order valence-electron chi connectivity index (χ1n) is 6.46. The fourth-order valence-corrected chi connectivity index (χ4v) is 2.95. The highest BCUT2D eigenvalue weighted by Gasteiger charge is 2.15. The summed E-state index contributed by atoms with van der Waals surface area (Å²) in [5, 5.41) is 3.55. The molecule has 0 saturated heterocycles. The summed E-state index contributed by atoms with van der Waals surface area (Å²) in [6, 6.07) is 4.82. The normalized spacial score (nSPS) is 12.4. The minimum atomic E-state index is -0.232. The quantitative estimate of drug-likeness (QED) is 0.752. The number of nitrogen functional groups attached to an aromatic ring is 2. The first kappa shape index (κ1) is 15.5. The van der Waals surface area contributed by atoms with E-state index in [0.717, 1.165) is 10.5 Å². The van der Waals surface area contributed by atoms with Crippen molar-refractivity contribution in [3.63, 3.8) is 0 Å². The molecule has 5 nitrogen and oxygen atoms in total. The molecule has 1 aromatic carbocycles. The lowest BCUT2D eigenvalue weighted by atomic mass is 10.1. The first-order valence-corrected chi connectivity index (χ1v) is 7.27. The van der Waals surface area contributed by atoms with Gasteiger partial charge in [-0.3, -0.25) is 0 Å². The number of aryl methyl sites for hydroxylation is 1. The molecule has 1 heterocycles. The molecule has 0 radical (unpaired) electrons. The molecule has 2 aromatic rings.